The molecule has 2 rings (SSSR count). The summed E-state index contributed by atoms with van der Waals surface area (Å²) in [6.45, 7) is 4.01. The third kappa shape index (κ3) is 3.75. The van der Waals surface area contributed by atoms with E-state index >= 15 is 0 Å². The lowest BCUT2D eigenvalue weighted by Gasteiger charge is -2.35. The lowest BCUT2D eigenvalue weighted by molar-refractivity contribution is -0.0977. The molecule has 1 fully saturated rings. The van der Waals surface area contributed by atoms with E-state index in [2.05, 4.69) is 19.9 Å². The minimum Gasteiger partial charge on any atom is -0.394 e. The summed E-state index contributed by atoms with van der Waals surface area (Å²) >= 11 is 0. The number of nitrogens with zero attached hydrogens (tertiary/aromatic N) is 5. The fourth-order valence-corrected chi connectivity index (χ4v) is 2.27. The van der Waals surface area contributed by atoms with Crippen LogP contribution in [0.1, 0.15) is 12.7 Å². The van der Waals surface area contributed by atoms with Crippen LogP contribution in [0.4, 0.5) is 11.9 Å². The van der Waals surface area contributed by atoms with Crippen LogP contribution in [0.25, 0.3) is 0 Å². The lowest BCUT2D eigenvalue weighted by Crippen LogP contribution is -2.47. The van der Waals surface area contributed by atoms with E-state index in [9.17, 15) is 5.11 Å². The minimum atomic E-state index is -0.161. The number of morpholine rings is 1. The number of aliphatic hydroxyl groups is 1. The number of nitrogens with two attached hydrogens (primary N) is 1. The van der Waals surface area contributed by atoms with E-state index in [4.69, 9.17) is 10.5 Å². The van der Waals surface area contributed by atoms with Gasteiger partial charge in [0.15, 0.2) is 0 Å². The van der Waals surface area contributed by atoms with Crippen molar-refractivity contribution in [3.8, 4) is 0 Å². The molecule has 2 unspecified atom stereocenters. The largest absolute Gasteiger partial charge is 0.394 e. The second kappa shape index (κ2) is 6.29. The molecule has 1 aromatic heterocycles. The van der Waals surface area contributed by atoms with Crippen LogP contribution in [0.15, 0.2) is 0 Å². The molecule has 0 spiro atoms. The molecule has 0 saturated carbocycles. The van der Waals surface area contributed by atoms with Crippen LogP contribution in [-0.2, 0) is 11.3 Å². The van der Waals surface area contributed by atoms with Crippen LogP contribution in [0.5, 0.6) is 0 Å². The summed E-state index contributed by atoms with van der Waals surface area (Å²) in [5.41, 5.74) is 5.71. The van der Waals surface area contributed by atoms with E-state index in [1.165, 1.54) is 0 Å². The van der Waals surface area contributed by atoms with Crippen LogP contribution in [-0.4, -0.2) is 71.0 Å². The van der Waals surface area contributed by atoms with Gasteiger partial charge in [-0.15, -0.1) is 0 Å². The van der Waals surface area contributed by atoms with Crippen molar-refractivity contribution in [3.63, 3.8) is 0 Å². The Labute approximate surface area is 118 Å². The van der Waals surface area contributed by atoms with Crippen molar-refractivity contribution >= 4 is 11.9 Å². The normalized spacial score (nSPS) is 23.8. The molecule has 2 atom stereocenters. The summed E-state index contributed by atoms with van der Waals surface area (Å²) < 4.78 is 5.61. The average Bonchev–Trinajstić information content (AvgIpc) is 2.37. The van der Waals surface area contributed by atoms with Crippen LogP contribution in [0, 0.1) is 0 Å². The maximum atomic E-state index is 9.23. The van der Waals surface area contributed by atoms with Crippen molar-refractivity contribution in [2.24, 2.45) is 0 Å². The Balaban J connectivity index is 2.09. The van der Waals surface area contributed by atoms with Crippen molar-refractivity contribution in [1.29, 1.82) is 0 Å². The molecule has 0 bridgehead atoms. The molecule has 0 aliphatic carbocycles. The Kier molecular flexibility index (Phi) is 4.69. The average molecular weight is 282 g/mol. The SMILES string of the molecule is CC1CN(Cc2nc(N)nc(N(C)C)n2)CC(CO)O1. The number of aromatic nitrogens is 3. The number of anilines is 2. The van der Waals surface area contributed by atoms with E-state index in [1.54, 1.807) is 4.90 Å². The van der Waals surface area contributed by atoms with E-state index in [1.807, 2.05) is 21.0 Å². The molecule has 1 saturated heterocycles. The van der Waals surface area contributed by atoms with Crippen LogP contribution < -0.4 is 10.6 Å². The molecular formula is C12H22N6O2. The Morgan fingerprint density at radius 2 is 2.10 bits per heavy atom. The molecule has 1 aromatic rings. The highest BCUT2D eigenvalue weighted by Gasteiger charge is 2.25. The fraction of sp³-hybridized carbons (Fsp3) is 0.750. The summed E-state index contributed by atoms with van der Waals surface area (Å²) in [7, 11) is 3.72. The smallest absolute Gasteiger partial charge is 0.229 e. The Morgan fingerprint density at radius 1 is 1.35 bits per heavy atom. The maximum absolute atomic E-state index is 9.23. The predicted molar refractivity (Wildman–Crippen MR) is 75.3 cm³/mol. The van der Waals surface area contributed by atoms with Gasteiger partial charge in [-0.1, -0.05) is 0 Å². The predicted octanol–water partition coefficient (Wildman–Crippen LogP) is -0.899. The van der Waals surface area contributed by atoms with E-state index in [0.29, 0.717) is 24.9 Å². The quantitative estimate of drug-likeness (QED) is 0.733. The summed E-state index contributed by atoms with van der Waals surface area (Å²) in [6, 6.07) is 0. The molecular weight excluding hydrogens is 260 g/mol. The minimum absolute atomic E-state index is 0.0170. The van der Waals surface area contributed by atoms with Gasteiger partial charge in [-0.3, -0.25) is 4.90 Å². The van der Waals surface area contributed by atoms with Gasteiger partial charge in [0.25, 0.3) is 0 Å². The van der Waals surface area contributed by atoms with Crippen molar-refractivity contribution in [2.45, 2.75) is 25.7 Å². The first-order valence-corrected chi connectivity index (χ1v) is 6.64. The van der Waals surface area contributed by atoms with Crippen molar-refractivity contribution in [1.82, 2.24) is 19.9 Å². The Hall–Kier alpha value is -1.51. The fourth-order valence-electron chi connectivity index (χ4n) is 2.27. The van der Waals surface area contributed by atoms with Gasteiger partial charge in [-0.2, -0.15) is 15.0 Å². The number of hydrogen-bond donors (Lipinski definition) is 2. The second-order valence-electron chi connectivity index (χ2n) is 5.25. The monoisotopic (exact) mass is 282 g/mol. The molecule has 0 radical (unpaired) electrons. The zero-order valence-electron chi connectivity index (χ0n) is 12.2. The molecule has 8 heteroatoms. The van der Waals surface area contributed by atoms with Gasteiger partial charge in [0.05, 0.1) is 25.4 Å². The number of hydrogen-bond acceptors (Lipinski definition) is 8. The van der Waals surface area contributed by atoms with E-state index in [0.717, 1.165) is 6.54 Å². The molecule has 8 nitrogen and oxygen atoms in total. The first-order valence-electron chi connectivity index (χ1n) is 6.64. The molecule has 3 N–H and O–H groups in total. The van der Waals surface area contributed by atoms with Crippen LogP contribution in [0.2, 0.25) is 0 Å². The van der Waals surface area contributed by atoms with Gasteiger partial charge in [-0.25, -0.2) is 0 Å². The third-order valence-electron chi connectivity index (χ3n) is 3.06. The summed E-state index contributed by atoms with van der Waals surface area (Å²) in [5, 5.41) is 9.23. The van der Waals surface area contributed by atoms with Gasteiger partial charge in [-0.05, 0) is 6.92 Å². The standard InChI is InChI=1S/C12H22N6O2/c1-8-4-18(5-9(7-19)20-8)6-10-14-11(13)16-12(15-10)17(2)3/h8-9,19H,4-7H2,1-3H3,(H2,13,14,15,16). The molecule has 2 heterocycles. The van der Waals surface area contributed by atoms with Crippen molar-refractivity contribution in [2.75, 3.05) is 44.4 Å². The Bertz CT molecular complexity index is 456. The zero-order chi connectivity index (χ0) is 14.7. The second-order valence-corrected chi connectivity index (χ2v) is 5.25. The molecule has 112 valence electrons. The van der Waals surface area contributed by atoms with Gasteiger partial charge in [0, 0.05) is 27.2 Å². The van der Waals surface area contributed by atoms with Crippen molar-refractivity contribution in [3.05, 3.63) is 5.82 Å². The first kappa shape index (κ1) is 14.9. The molecule has 0 aromatic carbocycles. The highest BCUT2D eigenvalue weighted by Crippen LogP contribution is 2.14. The molecule has 1 aliphatic rings. The summed E-state index contributed by atoms with van der Waals surface area (Å²) in [6.07, 6.45) is -0.0837. The van der Waals surface area contributed by atoms with Gasteiger partial charge in [0.1, 0.15) is 5.82 Å². The van der Waals surface area contributed by atoms with Gasteiger partial charge < -0.3 is 20.5 Å². The summed E-state index contributed by atoms with van der Waals surface area (Å²) in [5.74, 6) is 1.40. The van der Waals surface area contributed by atoms with E-state index < -0.39 is 0 Å². The van der Waals surface area contributed by atoms with Gasteiger partial charge in [0.2, 0.25) is 11.9 Å². The van der Waals surface area contributed by atoms with Crippen molar-refractivity contribution < 1.29 is 9.84 Å². The number of nitrogen functional groups attached to an aromatic ring is 1. The number of aliphatic hydroxyl groups excluding tert-OH is 1. The van der Waals surface area contributed by atoms with E-state index in [-0.39, 0.29) is 24.8 Å². The van der Waals surface area contributed by atoms with Crippen LogP contribution in [0.3, 0.4) is 0 Å². The topological polar surface area (TPSA) is 101 Å². The van der Waals surface area contributed by atoms with Gasteiger partial charge >= 0.3 is 0 Å². The first-order chi connectivity index (χ1) is 9.47. The molecule has 1 aliphatic heterocycles. The lowest BCUT2D eigenvalue weighted by atomic mass is 10.2. The summed E-state index contributed by atoms with van der Waals surface area (Å²) in [4.78, 5) is 16.6. The zero-order valence-corrected chi connectivity index (χ0v) is 12.2. The maximum Gasteiger partial charge on any atom is 0.229 e. The number of ether oxygens (including phenoxy) is 1. The third-order valence-corrected chi connectivity index (χ3v) is 3.06. The molecule has 0 amide bonds. The molecule has 20 heavy (non-hydrogen) atoms. The Morgan fingerprint density at radius 3 is 2.75 bits per heavy atom. The highest BCUT2D eigenvalue weighted by atomic mass is 16.5. The highest BCUT2D eigenvalue weighted by molar-refractivity contribution is 5.32. The number of rotatable bonds is 4. The van der Waals surface area contributed by atoms with Crippen LogP contribution >= 0.6 is 0 Å².